The van der Waals surface area contributed by atoms with Crippen molar-refractivity contribution in [3.8, 4) is 28.5 Å². The molecule has 35 heavy (non-hydrogen) atoms. The Morgan fingerprint density at radius 2 is 1.46 bits per heavy atom. The van der Waals surface area contributed by atoms with Crippen molar-refractivity contribution in [1.82, 2.24) is 9.78 Å². The summed E-state index contributed by atoms with van der Waals surface area (Å²) >= 11 is 0. The maximum absolute atomic E-state index is 13.7. The van der Waals surface area contributed by atoms with Gasteiger partial charge in [-0.25, -0.2) is 0 Å². The van der Waals surface area contributed by atoms with E-state index in [1.165, 1.54) is 6.07 Å². The Bertz CT molecular complexity index is 1460. The molecule has 5 aromatic rings. The van der Waals surface area contributed by atoms with Crippen LogP contribution in [0.1, 0.15) is 11.1 Å². The third-order valence-corrected chi connectivity index (χ3v) is 5.68. The minimum atomic E-state index is -4.50. The molecule has 0 aliphatic heterocycles. The summed E-state index contributed by atoms with van der Waals surface area (Å²) in [7, 11) is 1.57. The van der Waals surface area contributed by atoms with Crippen molar-refractivity contribution in [2.75, 3.05) is 7.11 Å². The summed E-state index contributed by atoms with van der Waals surface area (Å²) < 4.78 is 54.1. The predicted molar refractivity (Wildman–Crippen MR) is 129 cm³/mol. The number of alkyl halides is 3. The molecule has 4 aromatic carbocycles. The van der Waals surface area contributed by atoms with Gasteiger partial charge >= 0.3 is 6.18 Å². The van der Waals surface area contributed by atoms with E-state index in [2.05, 4.69) is 5.10 Å². The largest absolute Gasteiger partial charge is 0.493 e. The number of fused-ring (bicyclic) bond motifs is 1. The van der Waals surface area contributed by atoms with E-state index in [1.54, 1.807) is 42.1 Å². The maximum Gasteiger partial charge on any atom is 0.418 e. The van der Waals surface area contributed by atoms with Crippen LogP contribution in [0, 0.1) is 0 Å². The van der Waals surface area contributed by atoms with Crippen molar-refractivity contribution in [3.63, 3.8) is 0 Å². The number of halogens is 3. The van der Waals surface area contributed by atoms with E-state index in [0.29, 0.717) is 34.9 Å². The molecule has 0 unspecified atom stereocenters. The van der Waals surface area contributed by atoms with Crippen molar-refractivity contribution in [1.29, 1.82) is 0 Å². The van der Waals surface area contributed by atoms with Gasteiger partial charge in [0.2, 0.25) is 0 Å². The molecule has 0 aliphatic rings. The standard InChI is InChI=1S/C28H21F3N2O2/c1-34-24-12-5-6-13-25(24)35-21-16-14-20(15-17-21)27-22-10-7-11-23(28(29,30)31)26(22)32-33(27)18-19-8-3-2-4-9-19/h2-17H,18H2,1H3. The highest BCUT2D eigenvalue weighted by atomic mass is 19.4. The van der Waals surface area contributed by atoms with E-state index < -0.39 is 11.7 Å². The Balaban J connectivity index is 1.58. The lowest BCUT2D eigenvalue weighted by Crippen LogP contribution is -2.06. The minimum Gasteiger partial charge on any atom is -0.493 e. The zero-order chi connectivity index (χ0) is 24.4. The quantitative estimate of drug-likeness (QED) is 0.255. The molecule has 1 heterocycles. The van der Waals surface area contributed by atoms with Gasteiger partial charge in [-0.15, -0.1) is 0 Å². The number of hydrogen-bond donors (Lipinski definition) is 0. The zero-order valence-corrected chi connectivity index (χ0v) is 18.8. The predicted octanol–water partition coefficient (Wildman–Crippen LogP) is 7.57. The Kier molecular flexibility index (Phi) is 5.91. The molecule has 5 rings (SSSR count). The van der Waals surface area contributed by atoms with Gasteiger partial charge in [-0.3, -0.25) is 4.68 Å². The molecule has 0 fully saturated rings. The average molecular weight is 474 g/mol. The molecule has 176 valence electrons. The highest BCUT2D eigenvalue weighted by Gasteiger charge is 2.34. The van der Waals surface area contributed by atoms with Crippen LogP contribution in [0.2, 0.25) is 0 Å². The van der Waals surface area contributed by atoms with Gasteiger partial charge in [0.1, 0.15) is 11.3 Å². The summed E-state index contributed by atoms with van der Waals surface area (Å²) in [4.78, 5) is 0. The average Bonchev–Trinajstić information content (AvgIpc) is 3.22. The number of hydrogen-bond acceptors (Lipinski definition) is 3. The molecule has 0 atom stereocenters. The van der Waals surface area contributed by atoms with Gasteiger partial charge in [-0.2, -0.15) is 18.3 Å². The number of nitrogens with zero attached hydrogens (tertiary/aromatic N) is 2. The van der Waals surface area contributed by atoms with E-state index in [9.17, 15) is 13.2 Å². The first-order chi connectivity index (χ1) is 16.9. The molecule has 0 radical (unpaired) electrons. The van der Waals surface area contributed by atoms with Crippen molar-refractivity contribution >= 4 is 10.9 Å². The fraction of sp³-hybridized carbons (Fsp3) is 0.107. The van der Waals surface area contributed by atoms with Gasteiger partial charge in [0.25, 0.3) is 0 Å². The molecule has 0 bridgehead atoms. The van der Waals surface area contributed by atoms with E-state index in [1.807, 2.05) is 54.6 Å². The van der Waals surface area contributed by atoms with Crippen molar-refractivity contribution in [2.45, 2.75) is 12.7 Å². The van der Waals surface area contributed by atoms with Gasteiger partial charge in [-0.1, -0.05) is 54.6 Å². The number of benzene rings is 4. The van der Waals surface area contributed by atoms with Crippen molar-refractivity contribution in [3.05, 3.63) is 108 Å². The molecule has 0 N–H and O–H groups in total. The molecular formula is C28H21F3N2O2. The Labute approximate surface area is 200 Å². The van der Waals surface area contributed by atoms with Crippen LogP contribution in [0.3, 0.4) is 0 Å². The second-order valence-electron chi connectivity index (χ2n) is 7.97. The van der Waals surface area contributed by atoms with Gasteiger partial charge < -0.3 is 9.47 Å². The van der Waals surface area contributed by atoms with E-state index >= 15 is 0 Å². The minimum absolute atomic E-state index is 0.0692. The van der Waals surface area contributed by atoms with Crippen LogP contribution in [-0.2, 0) is 12.7 Å². The number of aromatic nitrogens is 2. The molecule has 0 saturated heterocycles. The third-order valence-electron chi connectivity index (χ3n) is 5.68. The molecule has 0 spiro atoms. The number of rotatable bonds is 6. The highest BCUT2D eigenvalue weighted by Crippen LogP contribution is 2.39. The number of ether oxygens (including phenoxy) is 2. The molecule has 1 aromatic heterocycles. The highest BCUT2D eigenvalue weighted by molar-refractivity contribution is 5.95. The van der Waals surface area contributed by atoms with Crippen LogP contribution in [-0.4, -0.2) is 16.9 Å². The molecule has 0 amide bonds. The summed E-state index contributed by atoms with van der Waals surface area (Å²) in [6.45, 7) is 0.335. The normalized spacial score (nSPS) is 11.5. The van der Waals surface area contributed by atoms with E-state index in [4.69, 9.17) is 9.47 Å². The molecular weight excluding hydrogens is 453 g/mol. The van der Waals surface area contributed by atoms with Crippen LogP contribution in [0.15, 0.2) is 97.1 Å². The zero-order valence-electron chi connectivity index (χ0n) is 18.8. The van der Waals surface area contributed by atoms with Gasteiger partial charge in [0.15, 0.2) is 11.5 Å². The van der Waals surface area contributed by atoms with Gasteiger partial charge in [0.05, 0.1) is 24.9 Å². The smallest absolute Gasteiger partial charge is 0.418 e. The molecule has 0 aliphatic carbocycles. The topological polar surface area (TPSA) is 36.3 Å². The van der Waals surface area contributed by atoms with Gasteiger partial charge in [0, 0.05) is 10.9 Å². The molecule has 0 saturated carbocycles. The lowest BCUT2D eigenvalue weighted by atomic mass is 10.0. The third kappa shape index (κ3) is 4.57. The second-order valence-corrected chi connectivity index (χ2v) is 7.97. The summed E-state index contributed by atoms with van der Waals surface area (Å²) in [6.07, 6.45) is -4.50. The van der Waals surface area contributed by atoms with Crippen molar-refractivity contribution in [2.24, 2.45) is 0 Å². The first-order valence-electron chi connectivity index (χ1n) is 11.0. The second kappa shape index (κ2) is 9.18. The summed E-state index contributed by atoms with van der Waals surface area (Å²) in [5, 5.41) is 4.85. The summed E-state index contributed by atoms with van der Waals surface area (Å²) in [6, 6.07) is 28.2. The monoisotopic (exact) mass is 474 g/mol. The van der Waals surface area contributed by atoms with E-state index in [-0.39, 0.29) is 5.52 Å². The number of para-hydroxylation sites is 2. The Morgan fingerprint density at radius 3 is 2.14 bits per heavy atom. The summed E-state index contributed by atoms with van der Waals surface area (Å²) in [5.74, 6) is 1.74. The lowest BCUT2D eigenvalue weighted by Gasteiger charge is -2.12. The lowest BCUT2D eigenvalue weighted by molar-refractivity contribution is -0.136. The Hall–Kier alpha value is -4.26. The fourth-order valence-corrected chi connectivity index (χ4v) is 4.07. The van der Waals surface area contributed by atoms with Crippen LogP contribution in [0.25, 0.3) is 22.2 Å². The van der Waals surface area contributed by atoms with Gasteiger partial charge in [-0.05, 0) is 48.0 Å². The van der Waals surface area contributed by atoms with Crippen LogP contribution in [0.5, 0.6) is 17.2 Å². The summed E-state index contributed by atoms with van der Waals surface area (Å²) in [5.41, 5.74) is 1.46. The SMILES string of the molecule is COc1ccccc1Oc1ccc(-c2c3cccc(C(F)(F)F)c3nn2Cc2ccccc2)cc1. The van der Waals surface area contributed by atoms with Crippen LogP contribution < -0.4 is 9.47 Å². The molecule has 4 nitrogen and oxygen atoms in total. The van der Waals surface area contributed by atoms with Crippen LogP contribution in [0.4, 0.5) is 13.2 Å². The maximum atomic E-state index is 13.7. The Morgan fingerprint density at radius 1 is 0.771 bits per heavy atom. The number of methoxy groups -OCH3 is 1. The first-order valence-corrected chi connectivity index (χ1v) is 11.0. The first kappa shape index (κ1) is 22.5. The van der Waals surface area contributed by atoms with E-state index in [0.717, 1.165) is 17.2 Å². The fourth-order valence-electron chi connectivity index (χ4n) is 4.07. The van der Waals surface area contributed by atoms with Crippen molar-refractivity contribution < 1.29 is 22.6 Å². The molecule has 7 heteroatoms. The van der Waals surface area contributed by atoms with Crippen LogP contribution >= 0.6 is 0 Å².